The number of ether oxygens (including phenoxy) is 2. The maximum atomic E-state index is 12.2. The van der Waals surface area contributed by atoms with Gasteiger partial charge in [0.05, 0.1) is 13.2 Å². The number of nitrogens with two attached hydrogens (primary N) is 1. The van der Waals surface area contributed by atoms with Crippen molar-refractivity contribution in [2.24, 2.45) is 0 Å². The average molecular weight is 291 g/mol. The molecule has 0 fully saturated rings. The quantitative estimate of drug-likeness (QED) is 0.875. The first-order valence-electron chi connectivity index (χ1n) is 6.26. The molecular formula is C15H17NO3S. The van der Waals surface area contributed by atoms with Crippen LogP contribution in [0.5, 0.6) is 5.75 Å². The lowest BCUT2D eigenvalue weighted by atomic mass is 10.0. The summed E-state index contributed by atoms with van der Waals surface area (Å²) in [6.45, 7) is 3.62. The number of carbonyl (C=O) groups is 1. The van der Waals surface area contributed by atoms with Crippen molar-refractivity contribution in [1.29, 1.82) is 0 Å². The molecule has 2 aromatic rings. The van der Waals surface area contributed by atoms with Crippen molar-refractivity contribution < 1.29 is 14.3 Å². The van der Waals surface area contributed by atoms with Crippen LogP contribution in [-0.2, 0) is 4.74 Å². The molecule has 0 aliphatic carbocycles. The Bertz CT molecular complexity index is 619. The minimum Gasteiger partial charge on any atom is -0.496 e. The van der Waals surface area contributed by atoms with Crippen molar-refractivity contribution in [2.45, 2.75) is 20.0 Å². The van der Waals surface area contributed by atoms with E-state index < -0.39 is 5.97 Å². The number of hydrogen-bond acceptors (Lipinski definition) is 5. The van der Waals surface area contributed by atoms with E-state index in [2.05, 4.69) is 0 Å². The number of nitrogen functional groups attached to an aromatic ring is 1. The van der Waals surface area contributed by atoms with Gasteiger partial charge in [-0.3, -0.25) is 0 Å². The number of hydrogen-bond donors (Lipinski definition) is 1. The predicted octanol–water partition coefficient (Wildman–Crippen LogP) is 3.57. The van der Waals surface area contributed by atoms with Crippen LogP contribution in [0.1, 0.15) is 24.2 Å². The van der Waals surface area contributed by atoms with Crippen molar-refractivity contribution in [1.82, 2.24) is 0 Å². The zero-order valence-corrected chi connectivity index (χ0v) is 12.5. The molecule has 1 aromatic heterocycles. The van der Waals surface area contributed by atoms with Gasteiger partial charge in [-0.05, 0) is 19.9 Å². The van der Waals surface area contributed by atoms with E-state index in [0.29, 0.717) is 16.3 Å². The van der Waals surface area contributed by atoms with E-state index in [9.17, 15) is 4.79 Å². The molecule has 20 heavy (non-hydrogen) atoms. The third kappa shape index (κ3) is 2.77. The van der Waals surface area contributed by atoms with E-state index in [1.807, 2.05) is 43.5 Å². The third-order valence-corrected chi connectivity index (χ3v) is 3.58. The fraction of sp³-hybridized carbons (Fsp3) is 0.267. The number of carbonyl (C=O) groups excluding carboxylic acids is 1. The van der Waals surface area contributed by atoms with Crippen molar-refractivity contribution >= 4 is 22.3 Å². The molecular weight excluding hydrogens is 274 g/mol. The molecule has 1 aromatic carbocycles. The van der Waals surface area contributed by atoms with Gasteiger partial charge in [-0.1, -0.05) is 18.2 Å². The summed E-state index contributed by atoms with van der Waals surface area (Å²) in [7, 11) is 1.60. The number of para-hydroxylation sites is 1. The van der Waals surface area contributed by atoms with Gasteiger partial charge in [0.2, 0.25) is 0 Å². The molecule has 0 aliphatic rings. The Morgan fingerprint density at radius 3 is 2.60 bits per heavy atom. The standard InChI is InChI=1S/C15H17NO3S/c1-9(2)19-15(17)13-11(8-20-14(13)16)10-6-4-5-7-12(10)18-3/h4-9H,16H2,1-3H3. The Kier molecular flexibility index (Phi) is 4.29. The smallest absolute Gasteiger partial charge is 0.342 e. The monoisotopic (exact) mass is 291 g/mol. The number of anilines is 1. The largest absolute Gasteiger partial charge is 0.496 e. The normalized spacial score (nSPS) is 10.6. The van der Waals surface area contributed by atoms with Crippen molar-refractivity contribution in [3.63, 3.8) is 0 Å². The maximum Gasteiger partial charge on any atom is 0.342 e. The van der Waals surface area contributed by atoms with E-state index in [4.69, 9.17) is 15.2 Å². The molecule has 0 spiro atoms. The second-order valence-corrected chi connectivity index (χ2v) is 5.45. The summed E-state index contributed by atoms with van der Waals surface area (Å²) in [5.41, 5.74) is 7.91. The lowest BCUT2D eigenvalue weighted by Gasteiger charge is -2.11. The van der Waals surface area contributed by atoms with E-state index in [0.717, 1.165) is 11.1 Å². The van der Waals surface area contributed by atoms with Crippen molar-refractivity contribution in [3.8, 4) is 16.9 Å². The van der Waals surface area contributed by atoms with Crippen LogP contribution in [0.2, 0.25) is 0 Å². The van der Waals surface area contributed by atoms with Crippen LogP contribution in [0.4, 0.5) is 5.00 Å². The van der Waals surface area contributed by atoms with Gasteiger partial charge in [0.25, 0.3) is 0 Å². The molecule has 0 aliphatic heterocycles. The first kappa shape index (κ1) is 14.4. The number of esters is 1. The Labute approximate surface area is 122 Å². The summed E-state index contributed by atoms with van der Waals surface area (Å²) in [4.78, 5) is 12.2. The minimum atomic E-state index is -0.403. The molecule has 0 unspecified atom stereocenters. The summed E-state index contributed by atoms with van der Waals surface area (Å²) in [6, 6.07) is 7.51. The second kappa shape index (κ2) is 5.96. The highest BCUT2D eigenvalue weighted by Gasteiger charge is 2.22. The number of benzene rings is 1. The number of rotatable bonds is 4. The molecule has 2 rings (SSSR count). The molecule has 0 amide bonds. The molecule has 1 heterocycles. The van der Waals surface area contributed by atoms with Crippen LogP contribution in [0.25, 0.3) is 11.1 Å². The lowest BCUT2D eigenvalue weighted by molar-refractivity contribution is 0.0380. The summed E-state index contributed by atoms with van der Waals surface area (Å²) >= 11 is 1.32. The van der Waals surface area contributed by atoms with Gasteiger partial charge in [-0.15, -0.1) is 11.3 Å². The van der Waals surface area contributed by atoms with Crippen molar-refractivity contribution in [2.75, 3.05) is 12.8 Å². The van der Waals surface area contributed by atoms with Crippen LogP contribution in [-0.4, -0.2) is 19.2 Å². The fourth-order valence-corrected chi connectivity index (χ4v) is 2.72. The Morgan fingerprint density at radius 1 is 1.25 bits per heavy atom. The highest BCUT2D eigenvalue weighted by Crippen LogP contribution is 2.38. The van der Waals surface area contributed by atoms with Gasteiger partial charge in [0, 0.05) is 16.5 Å². The van der Waals surface area contributed by atoms with Gasteiger partial charge >= 0.3 is 5.97 Å². The number of methoxy groups -OCH3 is 1. The predicted molar refractivity (Wildman–Crippen MR) is 81.3 cm³/mol. The van der Waals surface area contributed by atoms with Gasteiger partial charge in [-0.2, -0.15) is 0 Å². The molecule has 2 N–H and O–H groups in total. The van der Waals surface area contributed by atoms with Crippen LogP contribution in [0.3, 0.4) is 0 Å². The molecule has 0 saturated carbocycles. The molecule has 0 radical (unpaired) electrons. The van der Waals surface area contributed by atoms with Crippen LogP contribution in [0, 0.1) is 0 Å². The molecule has 5 heteroatoms. The highest BCUT2D eigenvalue weighted by atomic mass is 32.1. The number of thiophene rings is 1. The summed E-state index contributed by atoms with van der Waals surface area (Å²) in [6.07, 6.45) is -0.188. The molecule has 4 nitrogen and oxygen atoms in total. The molecule has 0 atom stereocenters. The Balaban J connectivity index is 2.51. The Morgan fingerprint density at radius 2 is 1.95 bits per heavy atom. The van der Waals surface area contributed by atoms with Gasteiger partial charge in [0.1, 0.15) is 16.3 Å². The highest BCUT2D eigenvalue weighted by molar-refractivity contribution is 7.15. The maximum absolute atomic E-state index is 12.2. The van der Waals surface area contributed by atoms with Crippen molar-refractivity contribution in [3.05, 3.63) is 35.2 Å². The van der Waals surface area contributed by atoms with Gasteiger partial charge in [0.15, 0.2) is 0 Å². The van der Waals surface area contributed by atoms with Crippen LogP contribution in [0.15, 0.2) is 29.6 Å². The third-order valence-electron chi connectivity index (χ3n) is 2.76. The molecule has 0 saturated heterocycles. The lowest BCUT2D eigenvalue weighted by Crippen LogP contribution is -2.13. The fourth-order valence-electron chi connectivity index (χ4n) is 1.92. The summed E-state index contributed by atoms with van der Waals surface area (Å²) in [5.74, 6) is 0.295. The van der Waals surface area contributed by atoms with E-state index in [1.54, 1.807) is 7.11 Å². The summed E-state index contributed by atoms with van der Waals surface area (Å²) in [5, 5.41) is 2.31. The topological polar surface area (TPSA) is 61.5 Å². The van der Waals surface area contributed by atoms with Crippen LogP contribution < -0.4 is 10.5 Å². The van der Waals surface area contributed by atoms with E-state index in [1.165, 1.54) is 11.3 Å². The SMILES string of the molecule is COc1ccccc1-c1csc(N)c1C(=O)OC(C)C. The summed E-state index contributed by atoms with van der Waals surface area (Å²) < 4.78 is 10.6. The van der Waals surface area contributed by atoms with Gasteiger partial charge < -0.3 is 15.2 Å². The van der Waals surface area contributed by atoms with E-state index >= 15 is 0 Å². The van der Waals surface area contributed by atoms with Crippen LogP contribution >= 0.6 is 11.3 Å². The molecule has 106 valence electrons. The zero-order valence-electron chi connectivity index (χ0n) is 11.7. The van der Waals surface area contributed by atoms with E-state index in [-0.39, 0.29) is 6.10 Å². The minimum absolute atomic E-state index is 0.188. The first-order valence-corrected chi connectivity index (χ1v) is 7.14. The van der Waals surface area contributed by atoms with Gasteiger partial charge in [-0.25, -0.2) is 4.79 Å². The Hall–Kier alpha value is -2.01. The first-order chi connectivity index (χ1) is 9.54. The molecule has 0 bridgehead atoms. The second-order valence-electron chi connectivity index (χ2n) is 4.54. The zero-order chi connectivity index (χ0) is 14.7. The average Bonchev–Trinajstić information content (AvgIpc) is 2.79.